The molecule has 1 fully saturated rings. The molecule has 1 saturated heterocycles. The van der Waals surface area contributed by atoms with E-state index >= 15 is 0 Å². The molecule has 1 aliphatic heterocycles. The van der Waals surface area contributed by atoms with Gasteiger partial charge >= 0.3 is 0 Å². The van der Waals surface area contributed by atoms with Crippen LogP contribution in [-0.2, 0) is 4.79 Å². The Balaban J connectivity index is 1.86. The highest BCUT2D eigenvalue weighted by Crippen LogP contribution is 2.35. The predicted octanol–water partition coefficient (Wildman–Crippen LogP) is 4.28. The van der Waals surface area contributed by atoms with E-state index in [0.717, 1.165) is 11.1 Å². The van der Waals surface area contributed by atoms with Gasteiger partial charge < -0.3 is 10.2 Å². The molecule has 148 valence electrons. The van der Waals surface area contributed by atoms with Crippen molar-refractivity contribution in [3.05, 3.63) is 70.2 Å². The van der Waals surface area contributed by atoms with E-state index in [1.54, 1.807) is 29.2 Å². The van der Waals surface area contributed by atoms with Gasteiger partial charge in [0.25, 0.3) is 5.91 Å². The van der Waals surface area contributed by atoms with Crippen molar-refractivity contribution in [3.63, 3.8) is 0 Å². The molecule has 2 amide bonds. The minimum absolute atomic E-state index is 0.0170. The van der Waals surface area contributed by atoms with Crippen LogP contribution in [0.2, 0.25) is 5.02 Å². The summed E-state index contributed by atoms with van der Waals surface area (Å²) >= 11 is 6.06. The minimum Gasteiger partial charge on any atom is -0.356 e. The van der Waals surface area contributed by atoms with E-state index in [9.17, 15) is 9.59 Å². The van der Waals surface area contributed by atoms with Crippen molar-refractivity contribution in [2.75, 3.05) is 19.6 Å². The third-order valence-corrected chi connectivity index (χ3v) is 5.52. The summed E-state index contributed by atoms with van der Waals surface area (Å²) in [5.41, 5.74) is 2.83. The molecule has 2 atom stereocenters. The molecular weight excluding hydrogens is 372 g/mol. The summed E-state index contributed by atoms with van der Waals surface area (Å²) in [6.07, 6.45) is 0. The lowest BCUT2D eigenvalue weighted by Crippen LogP contribution is -2.37. The van der Waals surface area contributed by atoms with Crippen molar-refractivity contribution in [3.8, 4) is 0 Å². The van der Waals surface area contributed by atoms with Gasteiger partial charge in [0.2, 0.25) is 5.91 Å². The van der Waals surface area contributed by atoms with E-state index < -0.39 is 0 Å². The first-order valence-corrected chi connectivity index (χ1v) is 10.1. The number of hydrogen-bond donors (Lipinski definition) is 1. The fraction of sp³-hybridized carbons (Fsp3) is 0.391. The minimum atomic E-state index is -0.261. The zero-order chi connectivity index (χ0) is 20.3. The summed E-state index contributed by atoms with van der Waals surface area (Å²) in [5.74, 6) is 0.0366. The molecule has 1 heterocycles. The van der Waals surface area contributed by atoms with Gasteiger partial charge in [0.1, 0.15) is 0 Å². The Morgan fingerprint density at radius 2 is 1.89 bits per heavy atom. The van der Waals surface area contributed by atoms with Gasteiger partial charge in [-0.05, 0) is 42.2 Å². The van der Waals surface area contributed by atoms with Crippen LogP contribution in [0.4, 0.5) is 0 Å². The van der Waals surface area contributed by atoms with E-state index in [1.807, 2.05) is 12.1 Å². The highest BCUT2D eigenvalue weighted by Gasteiger charge is 2.41. The summed E-state index contributed by atoms with van der Waals surface area (Å²) in [7, 11) is 0. The summed E-state index contributed by atoms with van der Waals surface area (Å²) in [6, 6.07) is 15.1. The summed E-state index contributed by atoms with van der Waals surface area (Å²) < 4.78 is 0. The van der Waals surface area contributed by atoms with Gasteiger partial charge in [-0.25, -0.2) is 0 Å². The van der Waals surface area contributed by atoms with Crippen molar-refractivity contribution < 1.29 is 9.59 Å². The number of carbonyl (C=O) groups excluding carboxylic acids is 2. The number of likely N-dealkylation sites (tertiary alicyclic amines) is 1. The van der Waals surface area contributed by atoms with Crippen LogP contribution in [-0.4, -0.2) is 36.3 Å². The van der Waals surface area contributed by atoms with E-state index in [0.29, 0.717) is 36.1 Å². The zero-order valence-corrected chi connectivity index (χ0v) is 17.4. The van der Waals surface area contributed by atoms with Crippen molar-refractivity contribution in [2.45, 2.75) is 26.7 Å². The highest BCUT2D eigenvalue weighted by molar-refractivity contribution is 6.30. The van der Waals surface area contributed by atoms with E-state index in [1.165, 1.54) is 0 Å². The molecule has 2 aromatic carbocycles. The second-order valence-corrected chi connectivity index (χ2v) is 8.37. The van der Waals surface area contributed by atoms with E-state index in [-0.39, 0.29) is 23.7 Å². The van der Waals surface area contributed by atoms with Crippen molar-refractivity contribution in [2.24, 2.45) is 11.8 Å². The first kappa shape index (κ1) is 20.4. The summed E-state index contributed by atoms with van der Waals surface area (Å²) in [4.78, 5) is 27.7. The molecule has 1 N–H and O–H groups in total. The lowest BCUT2D eigenvalue weighted by Gasteiger charge is -2.20. The predicted molar refractivity (Wildman–Crippen MR) is 113 cm³/mol. The number of aryl methyl sites for hydroxylation is 1. The fourth-order valence-corrected chi connectivity index (χ4v) is 3.98. The maximum absolute atomic E-state index is 13.0. The van der Waals surface area contributed by atoms with Crippen molar-refractivity contribution in [1.29, 1.82) is 0 Å². The maximum atomic E-state index is 13.0. The monoisotopic (exact) mass is 398 g/mol. The van der Waals surface area contributed by atoms with Gasteiger partial charge in [0.15, 0.2) is 0 Å². The largest absolute Gasteiger partial charge is 0.356 e. The number of carbonyl (C=O) groups is 2. The number of nitrogens with zero attached hydrogens (tertiary/aromatic N) is 1. The molecule has 28 heavy (non-hydrogen) atoms. The average molecular weight is 399 g/mol. The third-order valence-electron chi connectivity index (χ3n) is 5.29. The normalized spacial score (nSPS) is 19.1. The Hall–Kier alpha value is -2.33. The lowest BCUT2D eigenvalue weighted by atomic mass is 9.86. The van der Waals surface area contributed by atoms with Gasteiger partial charge in [-0.15, -0.1) is 0 Å². The van der Waals surface area contributed by atoms with Crippen LogP contribution in [0, 0.1) is 18.8 Å². The molecule has 0 radical (unpaired) electrons. The van der Waals surface area contributed by atoms with Crippen LogP contribution in [0.1, 0.15) is 41.3 Å². The van der Waals surface area contributed by atoms with Crippen LogP contribution in [0.5, 0.6) is 0 Å². The quantitative estimate of drug-likeness (QED) is 0.817. The number of nitrogens with one attached hydrogen (secondary N) is 1. The molecule has 5 heteroatoms. The van der Waals surface area contributed by atoms with Crippen LogP contribution < -0.4 is 5.32 Å². The number of halogens is 1. The molecule has 0 bridgehead atoms. The second-order valence-electron chi connectivity index (χ2n) is 7.93. The van der Waals surface area contributed by atoms with E-state index in [4.69, 9.17) is 11.6 Å². The molecule has 2 aromatic rings. The van der Waals surface area contributed by atoms with Gasteiger partial charge in [-0.3, -0.25) is 9.59 Å². The Bertz CT molecular complexity index is 865. The van der Waals surface area contributed by atoms with Crippen LogP contribution >= 0.6 is 11.6 Å². The standard InChI is InChI=1S/C23H27ClN2O2/c1-15(2)12-25-22(27)21-14-26(23(28)17-8-6-9-18(24)11-17)13-20(21)19-10-5-4-7-16(19)3/h4-11,15,20-21H,12-14H2,1-3H3,(H,25,27)/t20-,21+/m1/s1. The number of hydrogen-bond acceptors (Lipinski definition) is 2. The Morgan fingerprint density at radius 1 is 1.14 bits per heavy atom. The van der Waals surface area contributed by atoms with Crippen LogP contribution in [0.25, 0.3) is 0 Å². The van der Waals surface area contributed by atoms with Crippen LogP contribution in [0.15, 0.2) is 48.5 Å². The topological polar surface area (TPSA) is 49.4 Å². The molecule has 4 nitrogen and oxygen atoms in total. The lowest BCUT2D eigenvalue weighted by molar-refractivity contribution is -0.125. The van der Waals surface area contributed by atoms with Crippen LogP contribution in [0.3, 0.4) is 0 Å². The maximum Gasteiger partial charge on any atom is 0.253 e. The molecule has 0 saturated carbocycles. The zero-order valence-electron chi connectivity index (χ0n) is 16.6. The number of amides is 2. The van der Waals surface area contributed by atoms with E-state index in [2.05, 4.69) is 38.2 Å². The fourth-order valence-electron chi connectivity index (χ4n) is 3.79. The Kier molecular flexibility index (Phi) is 6.40. The first-order valence-electron chi connectivity index (χ1n) is 9.75. The SMILES string of the molecule is Cc1ccccc1[C@H]1CN(C(=O)c2cccc(Cl)c2)C[C@@H]1C(=O)NCC(C)C. The highest BCUT2D eigenvalue weighted by atomic mass is 35.5. The second kappa shape index (κ2) is 8.78. The third kappa shape index (κ3) is 4.56. The Morgan fingerprint density at radius 3 is 2.57 bits per heavy atom. The number of benzene rings is 2. The molecule has 0 aromatic heterocycles. The Labute approximate surface area is 171 Å². The van der Waals surface area contributed by atoms with Gasteiger partial charge in [0.05, 0.1) is 5.92 Å². The smallest absolute Gasteiger partial charge is 0.253 e. The summed E-state index contributed by atoms with van der Waals surface area (Å²) in [5, 5.41) is 3.59. The van der Waals surface area contributed by atoms with Gasteiger partial charge in [-0.2, -0.15) is 0 Å². The summed E-state index contributed by atoms with van der Waals surface area (Å²) in [6.45, 7) is 7.77. The molecule has 1 aliphatic rings. The molecule has 0 spiro atoms. The van der Waals surface area contributed by atoms with Crippen molar-refractivity contribution in [1.82, 2.24) is 10.2 Å². The molecular formula is C23H27ClN2O2. The molecule has 0 aliphatic carbocycles. The van der Waals surface area contributed by atoms with Gasteiger partial charge in [0, 0.05) is 36.1 Å². The molecule has 0 unspecified atom stereocenters. The number of rotatable bonds is 5. The van der Waals surface area contributed by atoms with Crippen molar-refractivity contribution >= 4 is 23.4 Å². The van der Waals surface area contributed by atoms with Gasteiger partial charge in [-0.1, -0.05) is 55.8 Å². The first-order chi connectivity index (χ1) is 13.4. The average Bonchev–Trinajstić information content (AvgIpc) is 3.11. The molecule has 3 rings (SSSR count).